The average molecular weight is 332 g/mol. The molecule has 4 heteroatoms. The molecule has 0 atom stereocenters. The molecule has 0 saturated carbocycles. The van der Waals surface area contributed by atoms with E-state index in [0.29, 0.717) is 23.6 Å². The van der Waals surface area contributed by atoms with Crippen LogP contribution in [0.3, 0.4) is 0 Å². The highest BCUT2D eigenvalue weighted by Gasteiger charge is 2.10. The Hall–Kier alpha value is -3.14. The van der Waals surface area contributed by atoms with Crippen LogP contribution in [0.1, 0.15) is 27.2 Å². The van der Waals surface area contributed by atoms with Gasteiger partial charge in [0, 0.05) is 23.5 Å². The zero-order valence-electron chi connectivity index (χ0n) is 14.3. The van der Waals surface area contributed by atoms with Crippen LogP contribution >= 0.6 is 0 Å². The van der Waals surface area contributed by atoms with E-state index in [0.717, 1.165) is 16.8 Å². The maximum absolute atomic E-state index is 12.5. The van der Waals surface area contributed by atoms with E-state index in [1.165, 1.54) is 0 Å². The van der Waals surface area contributed by atoms with Gasteiger partial charge in [0.05, 0.1) is 5.69 Å². The summed E-state index contributed by atoms with van der Waals surface area (Å²) >= 11 is 0. The van der Waals surface area contributed by atoms with Crippen LogP contribution in [0.15, 0.2) is 66.9 Å². The molecule has 3 rings (SSSR count). The molecule has 4 nitrogen and oxygen atoms in total. The Labute approximate surface area is 147 Å². The van der Waals surface area contributed by atoms with Gasteiger partial charge in [0.25, 0.3) is 5.91 Å². The zero-order chi connectivity index (χ0) is 17.6. The van der Waals surface area contributed by atoms with E-state index >= 15 is 0 Å². The highest BCUT2D eigenvalue weighted by molar-refractivity contribution is 6.05. The molecule has 3 aromatic rings. The average Bonchev–Trinajstić information content (AvgIpc) is 2.63. The maximum Gasteiger partial charge on any atom is 0.255 e. The summed E-state index contributed by atoms with van der Waals surface area (Å²) in [6.07, 6.45) is 1.74. The van der Waals surface area contributed by atoms with Crippen molar-refractivity contribution in [3.8, 4) is 5.75 Å². The van der Waals surface area contributed by atoms with Crippen LogP contribution in [-0.2, 0) is 6.61 Å². The van der Waals surface area contributed by atoms with Crippen molar-refractivity contribution in [2.24, 2.45) is 0 Å². The first-order chi connectivity index (χ1) is 12.1. The quantitative estimate of drug-likeness (QED) is 0.747. The SMILES string of the molecule is Cc1cccc(C(=O)Nc2cccc(OCc3ccccn3)c2)c1C. The van der Waals surface area contributed by atoms with Crippen molar-refractivity contribution in [3.05, 3.63) is 89.2 Å². The number of hydrogen-bond donors (Lipinski definition) is 1. The highest BCUT2D eigenvalue weighted by Crippen LogP contribution is 2.20. The predicted molar refractivity (Wildman–Crippen MR) is 98.9 cm³/mol. The number of carbonyl (C=O) groups excluding carboxylic acids is 1. The summed E-state index contributed by atoms with van der Waals surface area (Å²) in [7, 11) is 0. The summed E-state index contributed by atoms with van der Waals surface area (Å²) in [5.74, 6) is 0.562. The van der Waals surface area contributed by atoms with Crippen molar-refractivity contribution in [1.29, 1.82) is 0 Å². The fourth-order valence-corrected chi connectivity index (χ4v) is 2.50. The van der Waals surface area contributed by atoms with E-state index in [1.807, 2.05) is 74.5 Å². The number of benzene rings is 2. The normalized spacial score (nSPS) is 10.3. The third-order valence-corrected chi connectivity index (χ3v) is 4.05. The minimum atomic E-state index is -0.122. The molecular formula is C21H20N2O2. The first-order valence-corrected chi connectivity index (χ1v) is 8.14. The molecule has 1 N–H and O–H groups in total. The number of rotatable bonds is 5. The molecule has 1 aromatic heterocycles. The number of hydrogen-bond acceptors (Lipinski definition) is 3. The Morgan fingerprint density at radius 3 is 2.68 bits per heavy atom. The van der Waals surface area contributed by atoms with Crippen LogP contribution in [0, 0.1) is 13.8 Å². The third-order valence-electron chi connectivity index (χ3n) is 4.05. The van der Waals surface area contributed by atoms with Crippen molar-refractivity contribution in [2.75, 3.05) is 5.32 Å². The molecule has 0 saturated heterocycles. The van der Waals surface area contributed by atoms with Gasteiger partial charge in [-0.3, -0.25) is 9.78 Å². The van der Waals surface area contributed by atoms with Gasteiger partial charge in [0.2, 0.25) is 0 Å². The summed E-state index contributed by atoms with van der Waals surface area (Å²) in [5, 5.41) is 2.93. The summed E-state index contributed by atoms with van der Waals surface area (Å²) in [6.45, 7) is 4.34. The van der Waals surface area contributed by atoms with E-state index < -0.39 is 0 Å². The number of carbonyl (C=O) groups is 1. The van der Waals surface area contributed by atoms with Crippen LogP contribution in [-0.4, -0.2) is 10.9 Å². The molecular weight excluding hydrogens is 312 g/mol. The van der Waals surface area contributed by atoms with Crippen molar-refractivity contribution < 1.29 is 9.53 Å². The Bertz CT molecular complexity index is 876. The van der Waals surface area contributed by atoms with Gasteiger partial charge < -0.3 is 10.1 Å². The lowest BCUT2D eigenvalue weighted by Gasteiger charge is -2.11. The minimum absolute atomic E-state index is 0.122. The lowest BCUT2D eigenvalue weighted by Crippen LogP contribution is -2.13. The van der Waals surface area contributed by atoms with Crippen LogP contribution < -0.4 is 10.1 Å². The largest absolute Gasteiger partial charge is 0.487 e. The van der Waals surface area contributed by atoms with E-state index in [-0.39, 0.29) is 5.91 Å². The summed E-state index contributed by atoms with van der Waals surface area (Å²) in [6, 6.07) is 18.8. The van der Waals surface area contributed by atoms with Crippen LogP contribution in [0.4, 0.5) is 5.69 Å². The van der Waals surface area contributed by atoms with Gasteiger partial charge in [0.15, 0.2) is 0 Å². The van der Waals surface area contributed by atoms with Crippen molar-refractivity contribution in [3.63, 3.8) is 0 Å². The molecule has 2 aromatic carbocycles. The standard InChI is InChI=1S/C21H20N2O2/c1-15-7-5-11-20(16(15)2)21(24)23-17-9-6-10-19(13-17)25-14-18-8-3-4-12-22-18/h3-13H,14H2,1-2H3,(H,23,24). The van der Waals surface area contributed by atoms with Gasteiger partial charge in [-0.25, -0.2) is 0 Å². The number of pyridine rings is 1. The molecule has 0 fully saturated rings. The molecule has 126 valence electrons. The lowest BCUT2D eigenvalue weighted by atomic mass is 10.0. The number of anilines is 1. The number of nitrogens with zero attached hydrogens (tertiary/aromatic N) is 1. The van der Waals surface area contributed by atoms with E-state index in [9.17, 15) is 4.79 Å². The van der Waals surface area contributed by atoms with Crippen molar-refractivity contribution in [1.82, 2.24) is 4.98 Å². The third kappa shape index (κ3) is 4.23. The fraction of sp³-hybridized carbons (Fsp3) is 0.143. The molecule has 0 aliphatic rings. The number of nitrogens with one attached hydrogen (secondary N) is 1. The zero-order valence-corrected chi connectivity index (χ0v) is 14.3. The molecule has 0 bridgehead atoms. The fourth-order valence-electron chi connectivity index (χ4n) is 2.50. The van der Waals surface area contributed by atoms with E-state index in [1.54, 1.807) is 6.20 Å². The summed E-state index contributed by atoms with van der Waals surface area (Å²) < 4.78 is 5.75. The van der Waals surface area contributed by atoms with Gasteiger partial charge in [-0.2, -0.15) is 0 Å². The van der Waals surface area contributed by atoms with Crippen LogP contribution in [0.25, 0.3) is 0 Å². The second-order valence-electron chi connectivity index (χ2n) is 5.84. The van der Waals surface area contributed by atoms with E-state index in [4.69, 9.17) is 4.74 Å². The minimum Gasteiger partial charge on any atom is -0.487 e. The molecule has 1 amide bonds. The first-order valence-electron chi connectivity index (χ1n) is 8.14. The first kappa shape index (κ1) is 16.7. The number of amides is 1. The number of aryl methyl sites for hydroxylation is 1. The Kier molecular flexibility index (Phi) is 5.09. The van der Waals surface area contributed by atoms with Gasteiger partial charge in [0.1, 0.15) is 12.4 Å². The Morgan fingerprint density at radius 2 is 1.88 bits per heavy atom. The molecule has 25 heavy (non-hydrogen) atoms. The highest BCUT2D eigenvalue weighted by atomic mass is 16.5. The van der Waals surface area contributed by atoms with Gasteiger partial charge >= 0.3 is 0 Å². The molecule has 0 unspecified atom stereocenters. The number of ether oxygens (including phenoxy) is 1. The molecule has 0 radical (unpaired) electrons. The number of aromatic nitrogens is 1. The van der Waals surface area contributed by atoms with Crippen molar-refractivity contribution >= 4 is 11.6 Å². The molecule has 0 spiro atoms. The summed E-state index contributed by atoms with van der Waals surface area (Å²) in [5.41, 5.74) is 4.32. The molecule has 1 heterocycles. The smallest absolute Gasteiger partial charge is 0.255 e. The Morgan fingerprint density at radius 1 is 1.04 bits per heavy atom. The van der Waals surface area contributed by atoms with Crippen molar-refractivity contribution in [2.45, 2.75) is 20.5 Å². The van der Waals surface area contributed by atoms with Gasteiger partial charge in [-0.15, -0.1) is 0 Å². The van der Waals surface area contributed by atoms with Gasteiger partial charge in [-0.05, 0) is 55.3 Å². The molecule has 0 aliphatic heterocycles. The van der Waals surface area contributed by atoms with Gasteiger partial charge in [-0.1, -0.05) is 24.3 Å². The second-order valence-corrected chi connectivity index (χ2v) is 5.84. The van der Waals surface area contributed by atoms with Crippen LogP contribution in [0.5, 0.6) is 5.75 Å². The monoisotopic (exact) mass is 332 g/mol. The topological polar surface area (TPSA) is 51.2 Å². The lowest BCUT2D eigenvalue weighted by molar-refractivity contribution is 0.102. The second kappa shape index (κ2) is 7.62. The molecule has 0 aliphatic carbocycles. The maximum atomic E-state index is 12.5. The predicted octanol–water partition coefficient (Wildman–Crippen LogP) is 4.53. The Balaban J connectivity index is 1.69. The van der Waals surface area contributed by atoms with E-state index in [2.05, 4.69) is 10.3 Å². The summed E-state index contributed by atoms with van der Waals surface area (Å²) in [4.78, 5) is 16.7. The van der Waals surface area contributed by atoms with Crippen LogP contribution in [0.2, 0.25) is 0 Å².